The Morgan fingerprint density at radius 2 is 2.07 bits per heavy atom. The normalized spacial score (nSPS) is 27.2. The van der Waals surface area contributed by atoms with Crippen molar-refractivity contribution in [3.63, 3.8) is 0 Å². The first-order valence-corrected chi connectivity index (χ1v) is 9.12. The summed E-state index contributed by atoms with van der Waals surface area (Å²) >= 11 is 6.28. The maximum atomic E-state index is 6.28. The smallest absolute Gasteiger partial charge is 0.195 e. The van der Waals surface area contributed by atoms with Gasteiger partial charge in [-0.25, -0.2) is 9.97 Å². The third kappa shape index (κ3) is 3.50. The number of fused-ring (bicyclic) bond motifs is 1. The van der Waals surface area contributed by atoms with Gasteiger partial charge in [-0.2, -0.15) is 0 Å². The number of nitrogens with zero attached hydrogens (tertiary/aromatic N) is 4. The second-order valence-corrected chi connectivity index (χ2v) is 6.75. The molecule has 0 saturated carbocycles. The summed E-state index contributed by atoms with van der Waals surface area (Å²) in [7, 11) is 3.31. The molecule has 0 radical (unpaired) electrons. The van der Waals surface area contributed by atoms with Crippen LogP contribution < -0.4 is 10.6 Å². The molecule has 3 atom stereocenters. The first-order valence-electron chi connectivity index (χ1n) is 8.69. The van der Waals surface area contributed by atoms with Gasteiger partial charge in [0, 0.05) is 49.6 Å². The Hall–Kier alpha value is -2.58. The van der Waals surface area contributed by atoms with Crippen LogP contribution in [0.2, 0.25) is 0 Å². The van der Waals surface area contributed by atoms with Crippen LogP contribution in [0.3, 0.4) is 0 Å². The predicted molar refractivity (Wildman–Crippen MR) is 102 cm³/mol. The number of dihydropyridines is 1. The molecule has 0 aromatic carbocycles. The maximum absolute atomic E-state index is 6.28. The number of allylic oxidation sites excluding steroid dienone is 1. The number of hydrogen-bond donors (Lipinski definition) is 2. The van der Waals surface area contributed by atoms with E-state index in [2.05, 4.69) is 25.5 Å². The topological polar surface area (TPSA) is 83.9 Å². The molecular formula is C18H21ClN6O2. The number of aliphatic imine (C=N–C) groups is 1. The number of halogens is 1. The molecule has 0 bridgehead atoms. The molecule has 3 unspecified atom stereocenters. The molecular weight excluding hydrogens is 368 g/mol. The van der Waals surface area contributed by atoms with Gasteiger partial charge in [-0.3, -0.25) is 4.99 Å². The van der Waals surface area contributed by atoms with Crippen LogP contribution in [0.15, 0.2) is 59.0 Å². The molecule has 3 aliphatic heterocycles. The summed E-state index contributed by atoms with van der Waals surface area (Å²) in [5.74, 6) is 1.89. The van der Waals surface area contributed by atoms with Gasteiger partial charge in [0.25, 0.3) is 0 Å². The Morgan fingerprint density at radius 3 is 2.81 bits per heavy atom. The molecule has 0 aliphatic carbocycles. The SMILES string of the molecule is COC1=CC(N2CCC3N=C(c4ncccn4)NC=C3C2OC)=CC(Cl)N1. The fourth-order valence-corrected chi connectivity index (χ4v) is 3.70. The summed E-state index contributed by atoms with van der Waals surface area (Å²) in [5.41, 5.74) is 1.67. The van der Waals surface area contributed by atoms with E-state index in [9.17, 15) is 0 Å². The van der Waals surface area contributed by atoms with Crippen LogP contribution in [0, 0.1) is 0 Å². The number of nitrogens with one attached hydrogen (secondary N) is 2. The molecule has 8 nitrogen and oxygen atoms in total. The van der Waals surface area contributed by atoms with Crippen molar-refractivity contribution < 1.29 is 9.47 Å². The van der Waals surface area contributed by atoms with Gasteiger partial charge >= 0.3 is 0 Å². The zero-order chi connectivity index (χ0) is 18.8. The fraction of sp³-hybridized carbons (Fsp3) is 0.389. The minimum Gasteiger partial charge on any atom is -0.482 e. The lowest BCUT2D eigenvalue weighted by atomic mass is 9.95. The predicted octanol–water partition coefficient (Wildman–Crippen LogP) is 1.30. The molecule has 3 aliphatic rings. The average molecular weight is 389 g/mol. The largest absolute Gasteiger partial charge is 0.482 e. The number of hydrogen-bond acceptors (Lipinski definition) is 8. The van der Waals surface area contributed by atoms with Crippen molar-refractivity contribution in [1.82, 2.24) is 25.5 Å². The van der Waals surface area contributed by atoms with Crippen molar-refractivity contribution in [2.24, 2.45) is 4.99 Å². The van der Waals surface area contributed by atoms with Gasteiger partial charge in [-0.15, -0.1) is 0 Å². The van der Waals surface area contributed by atoms with Gasteiger partial charge in [0.1, 0.15) is 5.50 Å². The van der Waals surface area contributed by atoms with Gasteiger partial charge in [-0.1, -0.05) is 11.6 Å². The number of rotatable bonds is 4. The van der Waals surface area contributed by atoms with Gasteiger partial charge in [-0.05, 0) is 18.6 Å². The lowest BCUT2D eigenvalue weighted by Gasteiger charge is -2.43. The summed E-state index contributed by atoms with van der Waals surface area (Å²) in [5, 5.41) is 6.26. The lowest BCUT2D eigenvalue weighted by molar-refractivity contribution is -0.00240. The zero-order valence-electron chi connectivity index (χ0n) is 15.1. The van der Waals surface area contributed by atoms with E-state index in [1.165, 1.54) is 0 Å². The van der Waals surface area contributed by atoms with E-state index in [1.54, 1.807) is 32.7 Å². The van der Waals surface area contributed by atoms with E-state index in [0.29, 0.717) is 17.5 Å². The molecule has 142 valence electrons. The van der Waals surface area contributed by atoms with Crippen LogP contribution >= 0.6 is 11.6 Å². The molecule has 1 fully saturated rings. The molecule has 4 heterocycles. The molecule has 1 saturated heterocycles. The Kier molecular flexibility index (Phi) is 5.00. The van der Waals surface area contributed by atoms with E-state index in [0.717, 1.165) is 24.2 Å². The van der Waals surface area contributed by atoms with Crippen molar-refractivity contribution in [2.75, 3.05) is 20.8 Å². The number of amidine groups is 1. The molecule has 1 aromatic rings. The molecule has 4 rings (SSSR count). The van der Waals surface area contributed by atoms with Crippen molar-refractivity contribution in [1.29, 1.82) is 0 Å². The first-order chi connectivity index (χ1) is 13.2. The minimum atomic E-state index is -0.339. The summed E-state index contributed by atoms with van der Waals surface area (Å²) < 4.78 is 11.1. The van der Waals surface area contributed by atoms with Crippen LogP contribution in [0.25, 0.3) is 0 Å². The second-order valence-electron chi connectivity index (χ2n) is 6.28. The summed E-state index contributed by atoms with van der Waals surface area (Å²) in [6.07, 6.45) is 9.83. The van der Waals surface area contributed by atoms with Crippen LogP contribution in [-0.4, -0.2) is 59.2 Å². The average Bonchev–Trinajstić information content (AvgIpc) is 2.72. The molecule has 1 aromatic heterocycles. The molecule has 0 spiro atoms. The number of methoxy groups -OCH3 is 2. The summed E-state index contributed by atoms with van der Waals surface area (Å²) in [6.45, 7) is 0.774. The minimum absolute atomic E-state index is 0.0197. The highest BCUT2D eigenvalue weighted by atomic mass is 35.5. The quantitative estimate of drug-likeness (QED) is 0.594. The van der Waals surface area contributed by atoms with Gasteiger partial charge in [0.05, 0.1) is 13.2 Å². The number of ether oxygens (including phenoxy) is 2. The standard InChI is InChI=1S/C18H21ClN6O2/c1-26-15-9-11(8-14(19)24-15)25-7-4-13-12(18(25)27-2)10-22-17(23-13)16-20-5-3-6-21-16/h3,5-6,8-10,13-14,18,24H,4,7H2,1-2H3,(H,22,23). The van der Waals surface area contributed by atoms with Crippen molar-refractivity contribution in [3.8, 4) is 0 Å². The number of piperidine rings is 1. The highest BCUT2D eigenvalue weighted by molar-refractivity contribution is 6.21. The molecule has 0 amide bonds. The van der Waals surface area contributed by atoms with Crippen LogP contribution in [-0.2, 0) is 9.47 Å². The van der Waals surface area contributed by atoms with Crippen LogP contribution in [0.4, 0.5) is 0 Å². The third-order valence-corrected chi connectivity index (χ3v) is 4.92. The monoisotopic (exact) mass is 388 g/mol. The lowest BCUT2D eigenvalue weighted by Crippen LogP contribution is -2.49. The Balaban J connectivity index is 1.58. The number of aromatic nitrogens is 2. The van der Waals surface area contributed by atoms with E-state index in [4.69, 9.17) is 26.1 Å². The van der Waals surface area contributed by atoms with Crippen molar-refractivity contribution in [3.05, 3.63) is 59.8 Å². The summed E-state index contributed by atoms with van der Waals surface area (Å²) in [4.78, 5) is 15.5. The summed E-state index contributed by atoms with van der Waals surface area (Å²) in [6, 6.07) is 1.80. The Labute approximate surface area is 162 Å². The zero-order valence-corrected chi connectivity index (χ0v) is 15.8. The van der Waals surface area contributed by atoms with E-state index in [-0.39, 0.29) is 17.8 Å². The second kappa shape index (κ2) is 7.58. The van der Waals surface area contributed by atoms with Crippen LogP contribution in [0.1, 0.15) is 12.2 Å². The molecule has 9 heteroatoms. The maximum Gasteiger partial charge on any atom is 0.195 e. The van der Waals surface area contributed by atoms with Gasteiger partial charge < -0.3 is 25.0 Å². The van der Waals surface area contributed by atoms with Gasteiger partial charge in [0.2, 0.25) is 0 Å². The van der Waals surface area contributed by atoms with E-state index < -0.39 is 0 Å². The fourth-order valence-electron chi connectivity index (χ4n) is 3.46. The first kappa shape index (κ1) is 17.8. The molecule has 27 heavy (non-hydrogen) atoms. The van der Waals surface area contributed by atoms with E-state index in [1.807, 2.05) is 18.4 Å². The van der Waals surface area contributed by atoms with E-state index >= 15 is 0 Å². The van der Waals surface area contributed by atoms with Crippen LogP contribution in [0.5, 0.6) is 0 Å². The Bertz CT molecular complexity index is 822. The van der Waals surface area contributed by atoms with Gasteiger partial charge in [0.15, 0.2) is 23.8 Å². The third-order valence-electron chi connectivity index (χ3n) is 4.69. The highest BCUT2D eigenvalue weighted by Crippen LogP contribution is 2.32. The van der Waals surface area contributed by atoms with Crippen molar-refractivity contribution >= 4 is 17.4 Å². The highest BCUT2D eigenvalue weighted by Gasteiger charge is 2.37. The Morgan fingerprint density at radius 1 is 1.26 bits per heavy atom. The number of alkyl halides is 1. The molecule has 2 N–H and O–H groups in total. The van der Waals surface area contributed by atoms with Crippen molar-refractivity contribution in [2.45, 2.75) is 24.2 Å². The number of likely N-dealkylation sites (tertiary alicyclic amines) is 1.